The predicted molar refractivity (Wildman–Crippen MR) is 88.4 cm³/mol. The Morgan fingerprint density at radius 1 is 1.38 bits per heavy atom. The molecule has 2 aliphatic heterocycles. The van der Waals surface area contributed by atoms with E-state index in [1.165, 1.54) is 0 Å². The molecule has 6 heteroatoms. The van der Waals surface area contributed by atoms with Crippen molar-refractivity contribution in [2.45, 2.75) is 31.8 Å². The highest BCUT2D eigenvalue weighted by Gasteiger charge is 2.42. The van der Waals surface area contributed by atoms with Gasteiger partial charge in [0.1, 0.15) is 5.60 Å². The van der Waals surface area contributed by atoms with Crippen LogP contribution >= 0.6 is 0 Å². The Morgan fingerprint density at radius 3 is 2.71 bits per heavy atom. The first-order chi connectivity index (χ1) is 11.6. The van der Waals surface area contributed by atoms with Crippen LogP contribution in [0.1, 0.15) is 37.3 Å². The van der Waals surface area contributed by atoms with E-state index < -0.39 is 0 Å². The average molecular weight is 327 g/mol. The van der Waals surface area contributed by atoms with Gasteiger partial charge >= 0.3 is 5.97 Å². The molecule has 0 unspecified atom stereocenters. The first kappa shape index (κ1) is 16.5. The summed E-state index contributed by atoms with van der Waals surface area (Å²) < 4.78 is 5.00. The Morgan fingerprint density at radius 2 is 2.08 bits per heavy atom. The number of carbonyl (C=O) groups excluding carboxylic acids is 1. The van der Waals surface area contributed by atoms with Crippen LogP contribution in [0.4, 0.5) is 0 Å². The molecule has 0 N–H and O–H groups in total. The number of carbonyl (C=O) groups is 1. The molecule has 6 nitrogen and oxygen atoms in total. The molecule has 1 fully saturated rings. The molecule has 1 saturated heterocycles. The van der Waals surface area contributed by atoms with Gasteiger partial charge in [0.15, 0.2) is 0 Å². The lowest BCUT2D eigenvalue weighted by molar-refractivity contribution is -0.146. The van der Waals surface area contributed by atoms with Gasteiger partial charge < -0.3 is 9.57 Å². The summed E-state index contributed by atoms with van der Waals surface area (Å²) in [5.41, 5.74) is 2.31. The maximum Gasteiger partial charge on any atom is 0.320 e. The van der Waals surface area contributed by atoms with Crippen molar-refractivity contribution in [3.8, 4) is 6.07 Å². The fraction of sp³-hybridized carbons (Fsp3) is 0.500. The van der Waals surface area contributed by atoms with Gasteiger partial charge in [0.25, 0.3) is 0 Å². The Kier molecular flexibility index (Phi) is 4.81. The highest BCUT2D eigenvalue weighted by molar-refractivity contribution is 6.01. The number of benzene rings is 1. The van der Waals surface area contributed by atoms with Crippen LogP contribution in [0.3, 0.4) is 0 Å². The molecule has 0 aliphatic carbocycles. The third kappa shape index (κ3) is 3.57. The molecule has 0 atom stereocenters. The van der Waals surface area contributed by atoms with Crippen molar-refractivity contribution in [1.82, 2.24) is 4.90 Å². The lowest BCUT2D eigenvalue weighted by Gasteiger charge is -2.36. The summed E-state index contributed by atoms with van der Waals surface area (Å²) in [4.78, 5) is 19.5. The number of oxime groups is 1. The molecular weight excluding hydrogens is 306 g/mol. The Hall–Kier alpha value is -2.39. The van der Waals surface area contributed by atoms with Crippen molar-refractivity contribution in [2.24, 2.45) is 5.16 Å². The maximum atomic E-state index is 11.6. The molecule has 1 spiro atoms. The van der Waals surface area contributed by atoms with Crippen LogP contribution in [0.2, 0.25) is 0 Å². The van der Waals surface area contributed by atoms with E-state index in [2.05, 4.69) is 16.1 Å². The van der Waals surface area contributed by atoms with E-state index in [1.807, 2.05) is 19.1 Å². The van der Waals surface area contributed by atoms with Crippen LogP contribution in [0.5, 0.6) is 0 Å². The van der Waals surface area contributed by atoms with Crippen LogP contribution < -0.4 is 0 Å². The van der Waals surface area contributed by atoms with Gasteiger partial charge in [-0.1, -0.05) is 17.3 Å². The van der Waals surface area contributed by atoms with Crippen LogP contribution in [0.25, 0.3) is 0 Å². The third-order valence-electron chi connectivity index (χ3n) is 4.61. The normalized spacial score (nSPS) is 19.4. The maximum absolute atomic E-state index is 11.6. The first-order valence-corrected chi connectivity index (χ1v) is 8.28. The highest BCUT2D eigenvalue weighted by atomic mass is 16.7. The molecule has 3 rings (SSSR count). The number of ether oxygens (including phenoxy) is 1. The summed E-state index contributed by atoms with van der Waals surface area (Å²) in [6.45, 7) is 4.18. The van der Waals surface area contributed by atoms with Crippen LogP contribution in [0.15, 0.2) is 29.4 Å². The summed E-state index contributed by atoms with van der Waals surface area (Å²) in [6, 6.07) is 9.53. The molecule has 1 aromatic rings. The van der Waals surface area contributed by atoms with Crippen molar-refractivity contribution in [3.63, 3.8) is 0 Å². The molecule has 2 heterocycles. The quantitative estimate of drug-likeness (QED) is 0.792. The van der Waals surface area contributed by atoms with Gasteiger partial charge in [0.05, 0.1) is 30.5 Å². The van der Waals surface area contributed by atoms with E-state index in [1.54, 1.807) is 12.1 Å². The largest absolute Gasteiger partial charge is 0.465 e. The van der Waals surface area contributed by atoms with Gasteiger partial charge in [-0.15, -0.1) is 0 Å². The SMILES string of the molecule is CCOC(=O)CN1CCC2(CC1)CC(c1ccc(C#N)cc1)=NO2. The van der Waals surface area contributed by atoms with Gasteiger partial charge in [0.2, 0.25) is 0 Å². The summed E-state index contributed by atoms with van der Waals surface area (Å²) in [6.07, 6.45) is 2.46. The number of hydrogen-bond donors (Lipinski definition) is 0. The summed E-state index contributed by atoms with van der Waals surface area (Å²) >= 11 is 0. The highest BCUT2D eigenvalue weighted by Crippen LogP contribution is 2.36. The fourth-order valence-corrected chi connectivity index (χ4v) is 3.19. The molecule has 126 valence electrons. The zero-order valence-corrected chi connectivity index (χ0v) is 13.8. The van der Waals surface area contributed by atoms with Gasteiger partial charge in [-0.2, -0.15) is 5.26 Å². The Balaban J connectivity index is 1.55. The lowest BCUT2D eigenvalue weighted by atomic mass is 9.85. The van der Waals surface area contributed by atoms with Gasteiger partial charge in [-0.05, 0) is 24.6 Å². The zero-order valence-electron chi connectivity index (χ0n) is 13.8. The van der Waals surface area contributed by atoms with Crippen molar-refractivity contribution in [1.29, 1.82) is 5.26 Å². The van der Waals surface area contributed by atoms with Crippen molar-refractivity contribution >= 4 is 11.7 Å². The molecule has 1 aromatic carbocycles. The summed E-state index contributed by atoms with van der Waals surface area (Å²) in [5, 5.41) is 13.1. The number of esters is 1. The van der Waals surface area contributed by atoms with E-state index in [-0.39, 0.29) is 11.6 Å². The number of piperidine rings is 1. The van der Waals surface area contributed by atoms with E-state index >= 15 is 0 Å². The molecule has 2 aliphatic rings. The molecule has 0 amide bonds. The monoisotopic (exact) mass is 327 g/mol. The van der Waals surface area contributed by atoms with Crippen molar-refractivity contribution < 1.29 is 14.4 Å². The summed E-state index contributed by atoms with van der Waals surface area (Å²) in [7, 11) is 0. The second-order valence-electron chi connectivity index (χ2n) is 6.26. The Labute approximate surface area is 141 Å². The number of nitriles is 1. The fourth-order valence-electron chi connectivity index (χ4n) is 3.19. The molecule has 0 bridgehead atoms. The van der Waals surface area contributed by atoms with E-state index in [4.69, 9.17) is 14.8 Å². The number of rotatable bonds is 4. The molecule has 24 heavy (non-hydrogen) atoms. The minimum Gasteiger partial charge on any atom is -0.465 e. The van der Waals surface area contributed by atoms with E-state index in [9.17, 15) is 4.79 Å². The standard InChI is InChI=1S/C18H21N3O3/c1-2-23-17(22)13-21-9-7-18(8-10-21)11-16(20-24-18)15-5-3-14(12-19)4-6-15/h3-6H,2,7-11,13H2,1H3. The van der Waals surface area contributed by atoms with Gasteiger partial charge in [-0.3, -0.25) is 9.69 Å². The molecule has 0 aromatic heterocycles. The minimum absolute atomic E-state index is 0.171. The van der Waals surface area contributed by atoms with Crippen LogP contribution in [-0.2, 0) is 14.4 Å². The van der Waals surface area contributed by atoms with E-state index in [0.717, 1.165) is 43.6 Å². The van der Waals surface area contributed by atoms with E-state index in [0.29, 0.717) is 18.7 Å². The number of likely N-dealkylation sites (tertiary alicyclic amines) is 1. The van der Waals surface area contributed by atoms with Crippen LogP contribution in [0, 0.1) is 11.3 Å². The number of hydrogen-bond acceptors (Lipinski definition) is 6. The van der Waals surface area contributed by atoms with Crippen LogP contribution in [-0.4, -0.2) is 48.4 Å². The molecule has 0 radical (unpaired) electrons. The summed E-state index contributed by atoms with van der Waals surface area (Å²) in [5.74, 6) is -0.171. The van der Waals surface area contributed by atoms with Crippen molar-refractivity contribution in [2.75, 3.05) is 26.2 Å². The first-order valence-electron chi connectivity index (χ1n) is 8.28. The molecule has 0 saturated carbocycles. The molecular formula is C18H21N3O3. The lowest BCUT2D eigenvalue weighted by Crippen LogP contribution is -2.46. The second-order valence-corrected chi connectivity index (χ2v) is 6.26. The smallest absolute Gasteiger partial charge is 0.320 e. The van der Waals surface area contributed by atoms with Crippen molar-refractivity contribution in [3.05, 3.63) is 35.4 Å². The third-order valence-corrected chi connectivity index (χ3v) is 4.61. The van der Waals surface area contributed by atoms with Gasteiger partial charge in [-0.25, -0.2) is 0 Å². The number of nitrogens with zero attached hydrogens (tertiary/aromatic N) is 3. The minimum atomic E-state index is -0.256. The zero-order chi connectivity index (χ0) is 17.0. The Bertz CT molecular complexity index is 668. The predicted octanol–water partition coefficient (Wildman–Crippen LogP) is 2.08. The average Bonchev–Trinajstić information content (AvgIpc) is 3.01. The second kappa shape index (κ2) is 7.02. The van der Waals surface area contributed by atoms with Gasteiger partial charge in [0, 0.05) is 32.4 Å². The topological polar surface area (TPSA) is 74.9 Å².